The molecule has 0 radical (unpaired) electrons. The predicted octanol–water partition coefficient (Wildman–Crippen LogP) is 3.40. The maximum absolute atomic E-state index is 10.9. The third-order valence-electron chi connectivity index (χ3n) is 4.71. The second-order valence-corrected chi connectivity index (χ2v) is 6.51. The molecule has 128 valence electrons. The summed E-state index contributed by atoms with van der Waals surface area (Å²) in [7, 11) is 0. The van der Waals surface area contributed by atoms with Gasteiger partial charge in [0, 0.05) is 12.7 Å². The van der Waals surface area contributed by atoms with E-state index in [1.165, 1.54) is 11.8 Å². The third kappa shape index (κ3) is 4.68. The number of aromatic nitrogens is 2. The largest absolute Gasteiger partial charge is 0.478 e. The normalized spacial score (nSPS) is 20.8. The van der Waals surface area contributed by atoms with Crippen molar-refractivity contribution in [3.05, 3.63) is 53.9 Å². The fourth-order valence-electron chi connectivity index (χ4n) is 3.31. The summed E-state index contributed by atoms with van der Waals surface area (Å²) >= 11 is 0. The summed E-state index contributed by atoms with van der Waals surface area (Å²) in [5.41, 5.74) is 1.58. The lowest BCUT2D eigenvalue weighted by Gasteiger charge is -2.28. The highest BCUT2D eigenvalue weighted by atomic mass is 16.5. The van der Waals surface area contributed by atoms with Gasteiger partial charge in [-0.05, 0) is 43.6 Å². The molecule has 3 rings (SSSR count). The standard InChI is InChI=1S/C19H24N2O3/c22-19(23)17-12-20-21(14-17)13-16-6-8-18(9-7-16)24-11-10-15-4-2-1-3-5-15/h1-5,12,14,16,18H,6-11,13H2,(H,22,23). The number of carbonyl (C=O) groups is 1. The minimum absolute atomic E-state index is 0.257. The molecule has 1 aliphatic carbocycles. The van der Waals surface area contributed by atoms with Crippen LogP contribution in [0.25, 0.3) is 0 Å². The van der Waals surface area contributed by atoms with Crippen LogP contribution >= 0.6 is 0 Å². The van der Waals surface area contributed by atoms with Gasteiger partial charge in [-0.15, -0.1) is 0 Å². The lowest BCUT2D eigenvalue weighted by molar-refractivity contribution is 0.0176. The van der Waals surface area contributed by atoms with E-state index in [1.54, 1.807) is 10.9 Å². The summed E-state index contributed by atoms with van der Waals surface area (Å²) in [5.74, 6) is -0.364. The SMILES string of the molecule is O=C(O)c1cnn(CC2CCC(OCCc3ccccc3)CC2)c1. The fraction of sp³-hybridized carbons (Fsp3) is 0.474. The van der Waals surface area contributed by atoms with Crippen LogP contribution in [0.1, 0.15) is 41.6 Å². The van der Waals surface area contributed by atoms with Crippen LogP contribution < -0.4 is 0 Å². The van der Waals surface area contributed by atoms with Gasteiger partial charge in [0.2, 0.25) is 0 Å². The van der Waals surface area contributed by atoms with Gasteiger partial charge < -0.3 is 9.84 Å². The zero-order valence-corrected chi connectivity index (χ0v) is 13.8. The molecule has 0 atom stereocenters. The molecule has 0 spiro atoms. The first-order valence-electron chi connectivity index (χ1n) is 8.62. The van der Waals surface area contributed by atoms with Gasteiger partial charge in [0.25, 0.3) is 0 Å². The molecule has 2 aromatic rings. The Morgan fingerprint density at radius 2 is 1.96 bits per heavy atom. The van der Waals surface area contributed by atoms with E-state index in [0.29, 0.717) is 12.0 Å². The molecule has 1 aromatic carbocycles. The Kier molecular flexibility index (Phi) is 5.64. The van der Waals surface area contributed by atoms with E-state index < -0.39 is 5.97 Å². The van der Waals surface area contributed by atoms with Gasteiger partial charge in [0.05, 0.1) is 24.5 Å². The molecule has 0 saturated heterocycles. The van der Waals surface area contributed by atoms with E-state index in [2.05, 4.69) is 29.4 Å². The molecule has 1 aliphatic rings. The van der Waals surface area contributed by atoms with Crippen molar-refractivity contribution in [1.82, 2.24) is 9.78 Å². The topological polar surface area (TPSA) is 64.3 Å². The quantitative estimate of drug-likeness (QED) is 0.846. The lowest BCUT2D eigenvalue weighted by atomic mass is 9.87. The lowest BCUT2D eigenvalue weighted by Crippen LogP contribution is -2.25. The van der Waals surface area contributed by atoms with Gasteiger partial charge in [-0.3, -0.25) is 4.68 Å². The molecule has 1 saturated carbocycles. The summed E-state index contributed by atoms with van der Waals surface area (Å²) < 4.78 is 7.78. The van der Waals surface area contributed by atoms with Crippen molar-refractivity contribution < 1.29 is 14.6 Å². The molecular weight excluding hydrogens is 304 g/mol. The van der Waals surface area contributed by atoms with E-state index in [1.807, 2.05) is 6.07 Å². The van der Waals surface area contributed by atoms with Crippen LogP contribution in [0.4, 0.5) is 0 Å². The molecule has 0 aliphatic heterocycles. The maximum atomic E-state index is 10.9. The number of hydrogen-bond acceptors (Lipinski definition) is 3. The molecule has 1 heterocycles. The Hall–Kier alpha value is -2.14. The summed E-state index contributed by atoms with van der Waals surface area (Å²) in [5, 5.41) is 13.1. The van der Waals surface area contributed by atoms with Crippen LogP contribution in [0.15, 0.2) is 42.7 Å². The van der Waals surface area contributed by atoms with Crippen molar-refractivity contribution in [3.63, 3.8) is 0 Å². The minimum Gasteiger partial charge on any atom is -0.478 e. The maximum Gasteiger partial charge on any atom is 0.338 e. The van der Waals surface area contributed by atoms with Crippen LogP contribution in [0.3, 0.4) is 0 Å². The highest BCUT2D eigenvalue weighted by molar-refractivity contribution is 5.86. The Morgan fingerprint density at radius 3 is 2.62 bits per heavy atom. The molecule has 0 bridgehead atoms. The molecule has 0 amide bonds. The zero-order valence-electron chi connectivity index (χ0n) is 13.8. The summed E-state index contributed by atoms with van der Waals surface area (Å²) in [6.07, 6.45) is 8.73. The van der Waals surface area contributed by atoms with Crippen molar-refractivity contribution in [2.45, 2.75) is 44.8 Å². The predicted molar refractivity (Wildman–Crippen MR) is 91.0 cm³/mol. The van der Waals surface area contributed by atoms with Gasteiger partial charge in [0.15, 0.2) is 0 Å². The number of aromatic carboxylic acids is 1. The molecule has 24 heavy (non-hydrogen) atoms. The number of hydrogen-bond donors (Lipinski definition) is 1. The van der Waals surface area contributed by atoms with Crippen molar-refractivity contribution in [2.24, 2.45) is 5.92 Å². The first-order valence-corrected chi connectivity index (χ1v) is 8.62. The summed E-state index contributed by atoms with van der Waals surface area (Å²) in [4.78, 5) is 10.9. The van der Waals surface area contributed by atoms with Crippen LogP contribution in [0, 0.1) is 5.92 Å². The second kappa shape index (κ2) is 8.11. The number of carboxylic acids is 1. The third-order valence-corrected chi connectivity index (χ3v) is 4.71. The number of rotatable bonds is 7. The number of ether oxygens (including phenoxy) is 1. The molecular formula is C19H24N2O3. The average molecular weight is 328 g/mol. The highest BCUT2D eigenvalue weighted by Gasteiger charge is 2.22. The van der Waals surface area contributed by atoms with E-state index >= 15 is 0 Å². The van der Waals surface area contributed by atoms with Crippen molar-refractivity contribution in [1.29, 1.82) is 0 Å². The molecule has 5 heteroatoms. The molecule has 0 unspecified atom stereocenters. The molecule has 5 nitrogen and oxygen atoms in total. The van der Waals surface area contributed by atoms with Crippen molar-refractivity contribution in [2.75, 3.05) is 6.61 Å². The molecule has 1 N–H and O–H groups in total. The monoisotopic (exact) mass is 328 g/mol. The molecule has 1 fully saturated rings. The van der Waals surface area contributed by atoms with Gasteiger partial charge in [-0.1, -0.05) is 30.3 Å². The highest BCUT2D eigenvalue weighted by Crippen LogP contribution is 2.27. The van der Waals surface area contributed by atoms with E-state index in [-0.39, 0.29) is 5.56 Å². The first-order chi connectivity index (χ1) is 11.7. The van der Waals surface area contributed by atoms with Crippen LogP contribution in [0.2, 0.25) is 0 Å². The minimum atomic E-state index is -0.920. The Morgan fingerprint density at radius 1 is 1.21 bits per heavy atom. The second-order valence-electron chi connectivity index (χ2n) is 6.51. The van der Waals surface area contributed by atoms with Gasteiger partial charge in [-0.2, -0.15) is 5.10 Å². The average Bonchev–Trinajstić information content (AvgIpc) is 3.06. The van der Waals surface area contributed by atoms with Gasteiger partial charge in [0.1, 0.15) is 0 Å². The number of benzene rings is 1. The van der Waals surface area contributed by atoms with Gasteiger partial charge in [-0.25, -0.2) is 4.79 Å². The van der Waals surface area contributed by atoms with Crippen molar-refractivity contribution >= 4 is 5.97 Å². The zero-order chi connectivity index (χ0) is 16.8. The van der Waals surface area contributed by atoms with E-state index in [9.17, 15) is 4.79 Å². The summed E-state index contributed by atoms with van der Waals surface area (Å²) in [6, 6.07) is 10.4. The Bertz CT molecular complexity index is 646. The number of carboxylic acid groups (broad SMARTS) is 1. The summed E-state index contributed by atoms with van der Waals surface area (Å²) in [6.45, 7) is 1.57. The fourth-order valence-corrected chi connectivity index (χ4v) is 3.31. The van der Waals surface area contributed by atoms with E-state index in [0.717, 1.165) is 45.3 Å². The van der Waals surface area contributed by atoms with Crippen molar-refractivity contribution in [3.8, 4) is 0 Å². The smallest absolute Gasteiger partial charge is 0.338 e. The van der Waals surface area contributed by atoms with Gasteiger partial charge >= 0.3 is 5.97 Å². The Balaban J connectivity index is 1.37. The molecule has 1 aromatic heterocycles. The van der Waals surface area contributed by atoms with E-state index in [4.69, 9.17) is 9.84 Å². The number of nitrogens with zero attached hydrogens (tertiary/aromatic N) is 2. The van der Waals surface area contributed by atoms with Crippen LogP contribution in [-0.2, 0) is 17.7 Å². The van der Waals surface area contributed by atoms with Crippen LogP contribution in [-0.4, -0.2) is 33.6 Å². The first kappa shape index (κ1) is 16.7. The van der Waals surface area contributed by atoms with Crippen LogP contribution in [0.5, 0.6) is 0 Å². The Labute approximate surface area is 142 Å².